The van der Waals surface area contributed by atoms with Gasteiger partial charge in [-0.1, -0.05) is 6.07 Å². The molecular formula is C9H9ClF3N. The van der Waals surface area contributed by atoms with Crippen LogP contribution in [0.2, 0.25) is 0 Å². The van der Waals surface area contributed by atoms with Crippen LogP contribution in [-0.4, -0.2) is 0 Å². The van der Waals surface area contributed by atoms with Crippen LogP contribution in [0.4, 0.5) is 18.9 Å². The number of halogens is 4. The van der Waals surface area contributed by atoms with E-state index >= 15 is 0 Å². The largest absolute Gasteiger partial charge is 0.416 e. The highest BCUT2D eigenvalue weighted by Crippen LogP contribution is 2.33. The predicted molar refractivity (Wildman–Crippen MR) is 50.1 cm³/mol. The zero-order valence-corrected chi connectivity index (χ0v) is 8.15. The van der Waals surface area contributed by atoms with Crippen LogP contribution < -0.4 is 5.73 Å². The van der Waals surface area contributed by atoms with Crippen molar-refractivity contribution >= 4 is 17.3 Å². The minimum Gasteiger partial charge on any atom is -0.398 e. The molecule has 1 aromatic rings. The Bertz CT molecular complexity index is 333. The molecule has 0 saturated carbocycles. The lowest BCUT2D eigenvalue weighted by Crippen LogP contribution is -2.06. The van der Waals surface area contributed by atoms with Gasteiger partial charge in [0, 0.05) is 5.69 Å². The molecule has 1 unspecified atom stereocenters. The molecule has 14 heavy (non-hydrogen) atoms. The smallest absolute Gasteiger partial charge is 0.398 e. The highest BCUT2D eigenvalue weighted by Gasteiger charge is 2.30. The summed E-state index contributed by atoms with van der Waals surface area (Å²) in [7, 11) is 0. The second kappa shape index (κ2) is 3.69. The molecule has 1 rings (SSSR count). The number of rotatable bonds is 1. The van der Waals surface area contributed by atoms with Crippen molar-refractivity contribution in [3.8, 4) is 0 Å². The van der Waals surface area contributed by atoms with Gasteiger partial charge in [0.05, 0.1) is 10.9 Å². The molecule has 1 aromatic carbocycles. The van der Waals surface area contributed by atoms with Gasteiger partial charge >= 0.3 is 6.18 Å². The summed E-state index contributed by atoms with van der Waals surface area (Å²) in [6, 6.07) is 3.18. The molecule has 2 N–H and O–H groups in total. The third kappa shape index (κ3) is 2.32. The maximum Gasteiger partial charge on any atom is 0.416 e. The van der Waals surface area contributed by atoms with Crippen molar-refractivity contribution in [2.24, 2.45) is 0 Å². The normalized spacial score (nSPS) is 14.1. The van der Waals surface area contributed by atoms with Gasteiger partial charge in [-0.3, -0.25) is 0 Å². The van der Waals surface area contributed by atoms with E-state index in [0.29, 0.717) is 5.56 Å². The van der Waals surface area contributed by atoms with Gasteiger partial charge in [-0.05, 0) is 24.6 Å². The number of alkyl halides is 4. The maximum absolute atomic E-state index is 12.2. The van der Waals surface area contributed by atoms with E-state index in [1.165, 1.54) is 6.07 Å². The monoisotopic (exact) mass is 223 g/mol. The summed E-state index contributed by atoms with van der Waals surface area (Å²) in [5.74, 6) is 0. The Morgan fingerprint density at radius 1 is 1.36 bits per heavy atom. The summed E-state index contributed by atoms with van der Waals surface area (Å²) in [4.78, 5) is 0. The van der Waals surface area contributed by atoms with Crippen LogP contribution in [0.1, 0.15) is 23.4 Å². The quantitative estimate of drug-likeness (QED) is 0.572. The van der Waals surface area contributed by atoms with Crippen molar-refractivity contribution in [3.63, 3.8) is 0 Å². The Hall–Kier alpha value is -0.900. The zero-order chi connectivity index (χ0) is 10.9. The molecule has 0 radical (unpaired) electrons. The minimum atomic E-state index is -4.36. The van der Waals surface area contributed by atoms with Crippen molar-refractivity contribution < 1.29 is 13.2 Å². The van der Waals surface area contributed by atoms with E-state index in [4.69, 9.17) is 17.3 Å². The molecule has 0 amide bonds. The van der Waals surface area contributed by atoms with Gasteiger partial charge in [-0.2, -0.15) is 13.2 Å². The van der Waals surface area contributed by atoms with E-state index in [-0.39, 0.29) is 5.69 Å². The van der Waals surface area contributed by atoms with Crippen molar-refractivity contribution in [2.45, 2.75) is 18.5 Å². The lowest BCUT2D eigenvalue weighted by molar-refractivity contribution is -0.137. The molecule has 5 heteroatoms. The summed E-state index contributed by atoms with van der Waals surface area (Å²) >= 11 is 5.71. The molecule has 1 atom stereocenters. The van der Waals surface area contributed by atoms with Gasteiger partial charge in [0.25, 0.3) is 0 Å². The topological polar surface area (TPSA) is 26.0 Å². The van der Waals surface area contributed by atoms with Gasteiger partial charge in [-0.15, -0.1) is 11.6 Å². The van der Waals surface area contributed by atoms with Crippen molar-refractivity contribution in [3.05, 3.63) is 29.3 Å². The Morgan fingerprint density at radius 3 is 2.29 bits per heavy atom. The third-order valence-corrected chi connectivity index (χ3v) is 2.08. The number of anilines is 1. The SMILES string of the molecule is CC(Cl)c1ccc(C(F)(F)F)cc1N. The van der Waals surface area contributed by atoms with E-state index in [1.807, 2.05) is 0 Å². The third-order valence-electron chi connectivity index (χ3n) is 1.84. The minimum absolute atomic E-state index is 0.0716. The summed E-state index contributed by atoms with van der Waals surface area (Å²) < 4.78 is 36.6. The number of hydrogen-bond acceptors (Lipinski definition) is 1. The van der Waals surface area contributed by atoms with Crippen LogP contribution in [-0.2, 0) is 6.18 Å². The molecule has 0 fully saturated rings. The number of nitrogen functional groups attached to an aromatic ring is 1. The highest BCUT2D eigenvalue weighted by molar-refractivity contribution is 6.20. The van der Waals surface area contributed by atoms with E-state index in [9.17, 15) is 13.2 Å². The second-order valence-corrected chi connectivity index (χ2v) is 3.61. The van der Waals surface area contributed by atoms with E-state index < -0.39 is 17.1 Å². The first-order valence-electron chi connectivity index (χ1n) is 3.93. The van der Waals surface area contributed by atoms with Crippen LogP contribution in [0, 0.1) is 0 Å². The molecule has 0 aliphatic rings. The van der Waals surface area contributed by atoms with Gasteiger partial charge in [0.15, 0.2) is 0 Å². The first-order valence-corrected chi connectivity index (χ1v) is 4.36. The number of benzene rings is 1. The fourth-order valence-electron chi connectivity index (χ4n) is 1.11. The molecule has 78 valence electrons. The average Bonchev–Trinajstić information content (AvgIpc) is 2.01. The van der Waals surface area contributed by atoms with E-state index in [1.54, 1.807) is 6.92 Å². The Morgan fingerprint density at radius 2 is 1.93 bits per heavy atom. The lowest BCUT2D eigenvalue weighted by atomic mass is 10.1. The maximum atomic E-state index is 12.2. The molecule has 0 aromatic heterocycles. The highest BCUT2D eigenvalue weighted by atomic mass is 35.5. The summed E-state index contributed by atoms with van der Waals surface area (Å²) in [6.07, 6.45) is -4.36. The Kier molecular flexibility index (Phi) is 2.95. The Balaban J connectivity index is 3.13. The van der Waals surface area contributed by atoms with Crippen LogP contribution >= 0.6 is 11.6 Å². The lowest BCUT2D eigenvalue weighted by Gasteiger charge is -2.11. The van der Waals surface area contributed by atoms with Crippen molar-refractivity contribution in [1.29, 1.82) is 0 Å². The standard InChI is InChI=1S/C9H9ClF3N/c1-5(10)7-3-2-6(4-8(7)14)9(11,12)13/h2-5H,14H2,1H3. The molecule has 0 heterocycles. The van der Waals surface area contributed by atoms with Crippen LogP contribution in [0.25, 0.3) is 0 Å². The van der Waals surface area contributed by atoms with E-state index in [2.05, 4.69) is 0 Å². The molecule has 0 bridgehead atoms. The fraction of sp³-hybridized carbons (Fsp3) is 0.333. The van der Waals surface area contributed by atoms with Gasteiger partial charge in [0.2, 0.25) is 0 Å². The number of nitrogens with two attached hydrogens (primary N) is 1. The van der Waals surface area contributed by atoms with Crippen molar-refractivity contribution in [1.82, 2.24) is 0 Å². The predicted octanol–water partition coefficient (Wildman–Crippen LogP) is 3.59. The molecule has 0 aliphatic carbocycles. The van der Waals surface area contributed by atoms with Gasteiger partial charge in [-0.25, -0.2) is 0 Å². The molecular weight excluding hydrogens is 215 g/mol. The van der Waals surface area contributed by atoms with Gasteiger partial charge in [0.1, 0.15) is 0 Å². The summed E-state index contributed by atoms with van der Waals surface area (Å²) in [6.45, 7) is 1.65. The van der Waals surface area contributed by atoms with Crippen LogP contribution in [0.5, 0.6) is 0 Å². The first-order chi connectivity index (χ1) is 6.32. The van der Waals surface area contributed by atoms with Crippen LogP contribution in [0.3, 0.4) is 0 Å². The molecule has 0 spiro atoms. The summed E-state index contributed by atoms with van der Waals surface area (Å²) in [5, 5.41) is -0.391. The molecule has 0 saturated heterocycles. The molecule has 1 nitrogen and oxygen atoms in total. The number of hydrogen-bond donors (Lipinski definition) is 1. The Labute approximate surface area is 84.7 Å². The second-order valence-electron chi connectivity index (χ2n) is 2.96. The average molecular weight is 224 g/mol. The van der Waals surface area contributed by atoms with E-state index in [0.717, 1.165) is 12.1 Å². The first kappa shape index (κ1) is 11.2. The fourth-order valence-corrected chi connectivity index (χ4v) is 1.31. The van der Waals surface area contributed by atoms with Gasteiger partial charge < -0.3 is 5.73 Å². The zero-order valence-electron chi connectivity index (χ0n) is 7.40. The van der Waals surface area contributed by atoms with Crippen molar-refractivity contribution in [2.75, 3.05) is 5.73 Å². The summed E-state index contributed by atoms with van der Waals surface area (Å²) in [5.41, 5.74) is 5.27. The molecule has 0 aliphatic heterocycles. The van der Waals surface area contributed by atoms with Crippen LogP contribution in [0.15, 0.2) is 18.2 Å².